The average Bonchev–Trinajstić information content (AvgIpc) is 2.48. The number of hydrogen-bond donors (Lipinski definition) is 1. The third-order valence-corrected chi connectivity index (χ3v) is 4.36. The Morgan fingerprint density at radius 3 is 2.67 bits per heavy atom. The second kappa shape index (κ2) is 7.34. The van der Waals surface area contributed by atoms with Crippen LogP contribution in [-0.2, 0) is 4.74 Å². The van der Waals surface area contributed by atoms with Gasteiger partial charge in [-0.3, -0.25) is 9.88 Å². The number of aromatic nitrogens is 1. The average molecular weight is 291 g/mol. The van der Waals surface area contributed by atoms with Crippen LogP contribution in [-0.4, -0.2) is 48.3 Å². The van der Waals surface area contributed by atoms with E-state index in [1.807, 2.05) is 12.4 Å². The largest absolute Gasteiger partial charge is 0.379 e. The minimum atomic E-state index is 0.0361. The number of hydrogen-bond acceptors (Lipinski definition) is 4. The maximum atomic E-state index is 5.51. The molecule has 0 bridgehead atoms. The molecule has 0 aromatic carbocycles. The van der Waals surface area contributed by atoms with Gasteiger partial charge in [0.2, 0.25) is 0 Å². The summed E-state index contributed by atoms with van der Waals surface area (Å²) in [6.45, 7) is 13.6. The minimum absolute atomic E-state index is 0.0361. The molecule has 1 N–H and O–H groups in total. The SMILES string of the molecule is CCCNC(c1cncc(C)c1)C(C)(C)N1CCOCC1. The van der Waals surface area contributed by atoms with Crippen LogP contribution in [0.4, 0.5) is 0 Å². The predicted octanol–water partition coefficient (Wildman–Crippen LogP) is 2.54. The molecule has 2 rings (SSSR count). The first-order valence-corrected chi connectivity index (χ1v) is 8.03. The van der Waals surface area contributed by atoms with Crippen molar-refractivity contribution < 1.29 is 4.74 Å². The van der Waals surface area contributed by atoms with E-state index in [2.05, 4.69) is 49.0 Å². The van der Waals surface area contributed by atoms with Crippen LogP contribution in [0.1, 0.15) is 44.4 Å². The van der Waals surface area contributed by atoms with Crippen molar-refractivity contribution in [3.63, 3.8) is 0 Å². The molecule has 0 spiro atoms. The highest BCUT2D eigenvalue weighted by Crippen LogP contribution is 2.31. The zero-order valence-corrected chi connectivity index (χ0v) is 13.9. The Balaban J connectivity index is 2.25. The van der Waals surface area contributed by atoms with E-state index in [9.17, 15) is 0 Å². The summed E-state index contributed by atoms with van der Waals surface area (Å²) in [5.41, 5.74) is 2.53. The second-order valence-corrected chi connectivity index (χ2v) is 6.44. The molecule has 4 heteroatoms. The highest BCUT2D eigenvalue weighted by Gasteiger charge is 2.37. The maximum absolute atomic E-state index is 5.51. The number of aryl methyl sites for hydroxylation is 1. The van der Waals surface area contributed by atoms with Crippen LogP contribution in [0.3, 0.4) is 0 Å². The van der Waals surface area contributed by atoms with Gasteiger partial charge in [-0.2, -0.15) is 0 Å². The van der Waals surface area contributed by atoms with Gasteiger partial charge >= 0.3 is 0 Å². The van der Waals surface area contributed by atoms with Gasteiger partial charge in [0.05, 0.1) is 19.3 Å². The van der Waals surface area contributed by atoms with Crippen molar-refractivity contribution in [2.24, 2.45) is 0 Å². The molecule has 2 heterocycles. The molecule has 1 unspecified atom stereocenters. The van der Waals surface area contributed by atoms with Crippen molar-refractivity contribution in [1.29, 1.82) is 0 Å². The highest BCUT2D eigenvalue weighted by atomic mass is 16.5. The van der Waals surface area contributed by atoms with E-state index >= 15 is 0 Å². The Kier molecular flexibility index (Phi) is 5.73. The van der Waals surface area contributed by atoms with E-state index in [-0.39, 0.29) is 11.6 Å². The Morgan fingerprint density at radius 1 is 1.33 bits per heavy atom. The summed E-state index contributed by atoms with van der Waals surface area (Å²) in [4.78, 5) is 6.92. The van der Waals surface area contributed by atoms with Crippen molar-refractivity contribution in [2.75, 3.05) is 32.8 Å². The summed E-state index contributed by atoms with van der Waals surface area (Å²) in [5, 5.41) is 3.73. The number of nitrogens with zero attached hydrogens (tertiary/aromatic N) is 2. The lowest BCUT2D eigenvalue weighted by atomic mass is 9.86. The van der Waals surface area contributed by atoms with Gasteiger partial charge in [0.25, 0.3) is 0 Å². The summed E-state index contributed by atoms with van der Waals surface area (Å²) < 4.78 is 5.51. The summed E-state index contributed by atoms with van der Waals surface area (Å²) in [6, 6.07) is 2.53. The van der Waals surface area contributed by atoms with Gasteiger partial charge in [-0.1, -0.05) is 13.0 Å². The van der Waals surface area contributed by atoms with Crippen LogP contribution >= 0.6 is 0 Å². The van der Waals surface area contributed by atoms with E-state index in [4.69, 9.17) is 4.74 Å². The summed E-state index contributed by atoms with van der Waals surface area (Å²) in [7, 11) is 0. The van der Waals surface area contributed by atoms with Gasteiger partial charge < -0.3 is 10.1 Å². The normalized spacial score (nSPS) is 18.7. The molecule has 1 aromatic rings. The minimum Gasteiger partial charge on any atom is -0.379 e. The maximum Gasteiger partial charge on any atom is 0.0594 e. The van der Waals surface area contributed by atoms with Crippen LogP contribution in [0.25, 0.3) is 0 Å². The standard InChI is InChI=1S/C17H29N3O/c1-5-6-19-16(15-11-14(2)12-18-13-15)17(3,4)20-7-9-21-10-8-20/h11-13,16,19H,5-10H2,1-4H3. The van der Waals surface area contributed by atoms with Crippen molar-refractivity contribution in [3.05, 3.63) is 29.6 Å². The molecule has 0 saturated carbocycles. The van der Waals surface area contributed by atoms with Crippen LogP contribution in [0, 0.1) is 6.92 Å². The molecule has 1 aliphatic rings. The Labute approximate surface area is 128 Å². The van der Waals surface area contributed by atoms with Gasteiger partial charge in [-0.15, -0.1) is 0 Å². The third kappa shape index (κ3) is 4.02. The van der Waals surface area contributed by atoms with E-state index in [0.717, 1.165) is 39.3 Å². The highest BCUT2D eigenvalue weighted by molar-refractivity contribution is 5.23. The van der Waals surface area contributed by atoms with Gasteiger partial charge in [0, 0.05) is 31.0 Å². The first-order chi connectivity index (χ1) is 10.1. The predicted molar refractivity (Wildman–Crippen MR) is 86.5 cm³/mol. The van der Waals surface area contributed by atoms with E-state index < -0.39 is 0 Å². The van der Waals surface area contributed by atoms with Gasteiger partial charge in [-0.05, 0) is 44.9 Å². The molecule has 1 fully saturated rings. The Bertz CT molecular complexity index is 441. The van der Waals surface area contributed by atoms with Gasteiger partial charge in [-0.25, -0.2) is 0 Å². The summed E-state index contributed by atoms with van der Waals surface area (Å²) >= 11 is 0. The van der Waals surface area contributed by atoms with Crippen molar-refractivity contribution in [1.82, 2.24) is 15.2 Å². The zero-order chi connectivity index (χ0) is 15.3. The van der Waals surface area contributed by atoms with Crippen LogP contribution in [0.2, 0.25) is 0 Å². The lowest BCUT2D eigenvalue weighted by Crippen LogP contribution is -2.56. The number of rotatable bonds is 6. The molecule has 0 aliphatic carbocycles. The van der Waals surface area contributed by atoms with Crippen molar-refractivity contribution >= 4 is 0 Å². The van der Waals surface area contributed by atoms with Crippen molar-refractivity contribution in [3.8, 4) is 0 Å². The third-order valence-electron chi connectivity index (χ3n) is 4.36. The fraction of sp³-hybridized carbons (Fsp3) is 0.706. The van der Waals surface area contributed by atoms with E-state index in [1.165, 1.54) is 11.1 Å². The van der Waals surface area contributed by atoms with Crippen molar-refractivity contribution in [2.45, 2.75) is 45.7 Å². The molecule has 1 atom stereocenters. The van der Waals surface area contributed by atoms with Crippen LogP contribution in [0.15, 0.2) is 18.5 Å². The molecule has 1 aliphatic heterocycles. The molecule has 4 nitrogen and oxygen atoms in total. The Morgan fingerprint density at radius 2 is 2.05 bits per heavy atom. The zero-order valence-electron chi connectivity index (χ0n) is 13.9. The monoisotopic (exact) mass is 291 g/mol. The van der Waals surface area contributed by atoms with E-state index in [0.29, 0.717) is 0 Å². The molecule has 21 heavy (non-hydrogen) atoms. The smallest absolute Gasteiger partial charge is 0.0594 e. The molecular formula is C17H29N3O. The summed E-state index contributed by atoms with van der Waals surface area (Å²) in [5.74, 6) is 0. The topological polar surface area (TPSA) is 37.4 Å². The lowest BCUT2D eigenvalue weighted by molar-refractivity contribution is -0.0238. The summed E-state index contributed by atoms with van der Waals surface area (Å²) in [6.07, 6.45) is 5.06. The number of ether oxygens (including phenoxy) is 1. The Hall–Kier alpha value is -0.970. The quantitative estimate of drug-likeness (QED) is 0.874. The van der Waals surface area contributed by atoms with Crippen LogP contribution in [0.5, 0.6) is 0 Å². The number of nitrogens with one attached hydrogen (secondary N) is 1. The van der Waals surface area contributed by atoms with Gasteiger partial charge in [0.15, 0.2) is 0 Å². The molecule has 1 aromatic heterocycles. The molecular weight excluding hydrogens is 262 g/mol. The van der Waals surface area contributed by atoms with Crippen LogP contribution < -0.4 is 5.32 Å². The number of morpholine rings is 1. The molecule has 0 amide bonds. The fourth-order valence-electron chi connectivity index (χ4n) is 3.12. The first-order valence-electron chi connectivity index (χ1n) is 8.03. The number of pyridine rings is 1. The van der Waals surface area contributed by atoms with Gasteiger partial charge in [0.1, 0.15) is 0 Å². The molecule has 1 saturated heterocycles. The second-order valence-electron chi connectivity index (χ2n) is 6.44. The first kappa shape index (κ1) is 16.4. The lowest BCUT2D eigenvalue weighted by Gasteiger charge is -2.46. The van der Waals surface area contributed by atoms with E-state index in [1.54, 1.807) is 0 Å². The molecule has 118 valence electrons. The fourth-order valence-corrected chi connectivity index (χ4v) is 3.12. The molecule has 0 radical (unpaired) electrons.